The number of nitrogens with one attached hydrogen (secondary N) is 2. The van der Waals surface area contributed by atoms with Gasteiger partial charge in [-0.25, -0.2) is 13.2 Å². The van der Waals surface area contributed by atoms with Crippen LogP contribution >= 0.6 is 0 Å². The Labute approximate surface area is 236 Å². The summed E-state index contributed by atoms with van der Waals surface area (Å²) in [6, 6.07) is 13.2. The quantitative estimate of drug-likeness (QED) is 0.314. The fourth-order valence-electron chi connectivity index (χ4n) is 4.86. The number of hydrogen-bond donors (Lipinski definition) is 4. The van der Waals surface area contributed by atoms with Crippen LogP contribution in [0.4, 0.5) is 16.2 Å². The van der Waals surface area contributed by atoms with E-state index in [0.29, 0.717) is 5.69 Å². The third-order valence-corrected chi connectivity index (χ3v) is 8.63. The SMILES string of the molecule is CN1c2cc(S(=O)(=O)N(CC(O)C(Cc3ccccc3)NC(=O)OC(C)(C)C)OC3CCCC3)ccc2NC1N. The van der Waals surface area contributed by atoms with Crippen molar-refractivity contribution in [3.8, 4) is 0 Å². The number of aliphatic hydroxyl groups excluding tert-OH is 1. The minimum atomic E-state index is -4.20. The second-order valence-electron chi connectivity index (χ2n) is 11.4. The van der Waals surface area contributed by atoms with Crippen molar-refractivity contribution in [2.75, 3.05) is 23.8 Å². The topological polar surface area (TPSA) is 146 Å². The summed E-state index contributed by atoms with van der Waals surface area (Å²) >= 11 is 0. The molecule has 11 nitrogen and oxygen atoms in total. The molecule has 12 heteroatoms. The molecule has 2 aromatic carbocycles. The Hall–Kier alpha value is -2.90. The molecule has 4 rings (SSSR count). The predicted molar refractivity (Wildman–Crippen MR) is 153 cm³/mol. The van der Waals surface area contributed by atoms with Crippen molar-refractivity contribution >= 4 is 27.5 Å². The zero-order valence-corrected chi connectivity index (χ0v) is 24.4. The highest BCUT2D eigenvalue weighted by atomic mass is 32.2. The number of carbonyl (C=O) groups excluding carboxylic acids is 1. The summed E-state index contributed by atoms with van der Waals surface area (Å²) in [6.45, 7) is 4.84. The van der Waals surface area contributed by atoms with E-state index in [4.69, 9.17) is 15.3 Å². The van der Waals surface area contributed by atoms with Crippen LogP contribution < -0.4 is 21.3 Å². The van der Waals surface area contributed by atoms with Crippen LogP contribution in [0, 0.1) is 0 Å². The van der Waals surface area contributed by atoms with Crippen LogP contribution in [-0.4, -0.2) is 67.8 Å². The Bertz CT molecular complexity index is 1260. The fraction of sp³-hybridized carbons (Fsp3) is 0.536. The summed E-state index contributed by atoms with van der Waals surface area (Å²) in [5.41, 5.74) is 7.53. The molecule has 2 aromatic rings. The third kappa shape index (κ3) is 7.43. The molecule has 0 saturated heterocycles. The number of hydroxylamine groups is 1. The molecule has 0 bridgehead atoms. The summed E-state index contributed by atoms with van der Waals surface area (Å²) in [4.78, 5) is 20.5. The molecular weight excluding hydrogens is 534 g/mol. The zero-order valence-electron chi connectivity index (χ0n) is 23.5. The number of ether oxygens (including phenoxy) is 1. The zero-order chi connectivity index (χ0) is 29.1. The van der Waals surface area contributed by atoms with Crippen molar-refractivity contribution < 1.29 is 27.9 Å². The number of nitrogens with two attached hydrogens (primary N) is 1. The minimum absolute atomic E-state index is 0.0129. The highest BCUT2D eigenvalue weighted by Gasteiger charge is 2.36. The van der Waals surface area contributed by atoms with Gasteiger partial charge in [-0.15, -0.1) is 0 Å². The number of benzene rings is 2. The van der Waals surface area contributed by atoms with Crippen molar-refractivity contribution in [1.82, 2.24) is 9.79 Å². The average Bonchev–Trinajstić information content (AvgIpc) is 3.50. The summed E-state index contributed by atoms with van der Waals surface area (Å²) in [5.74, 6) is 0. The number of carbonyl (C=O) groups is 1. The molecule has 0 aromatic heterocycles. The molecule has 0 spiro atoms. The highest BCUT2D eigenvalue weighted by molar-refractivity contribution is 7.89. The molecule has 1 amide bonds. The lowest BCUT2D eigenvalue weighted by Gasteiger charge is -2.31. The normalized spacial score (nSPS) is 19.3. The number of rotatable bonds is 10. The van der Waals surface area contributed by atoms with E-state index in [1.165, 1.54) is 6.07 Å². The molecule has 5 N–H and O–H groups in total. The number of alkyl carbamates (subject to hydrolysis) is 1. The van der Waals surface area contributed by atoms with E-state index < -0.39 is 46.7 Å². The standard InChI is InChI=1S/C28H41N5O6S/c1-28(2,3)38-27(35)31-23(16-19-10-6-5-7-11-19)25(34)18-33(39-20-12-8-9-13-20)40(36,37)21-14-15-22-24(17-21)32(4)26(29)30-22/h5-7,10-11,14-15,17,20,23,25-26,30,34H,8-9,12-13,16,18,29H2,1-4H3,(H,31,35). The number of anilines is 2. The first-order chi connectivity index (χ1) is 18.8. The van der Waals surface area contributed by atoms with Gasteiger partial charge in [-0.2, -0.15) is 0 Å². The second-order valence-corrected chi connectivity index (χ2v) is 13.2. The molecular formula is C28H41N5O6S. The summed E-state index contributed by atoms with van der Waals surface area (Å²) < 4.78 is 34.2. The van der Waals surface area contributed by atoms with Gasteiger partial charge in [0.1, 0.15) is 5.60 Å². The Morgan fingerprint density at radius 2 is 1.88 bits per heavy atom. The van der Waals surface area contributed by atoms with Gasteiger partial charge in [0, 0.05) is 7.05 Å². The molecule has 3 atom stereocenters. The van der Waals surface area contributed by atoms with Crippen LogP contribution in [0.25, 0.3) is 0 Å². The maximum Gasteiger partial charge on any atom is 0.407 e. The Balaban J connectivity index is 1.61. The van der Waals surface area contributed by atoms with Gasteiger partial charge >= 0.3 is 6.09 Å². The van der Waals surface area contributed by atoms with Crippen molar-refractivity contribution in [1.29, 1.82) is 0 Å². The Morgan fingerprint density at radius 3 is 2.52 bits per heavy atom. The number of sulfonamides is 1. The third-order valence-electron chi connectivity index (χ3n) is 7.01. The first-order valence-electron chi connectivity index (χ1n) is 13.6. The molecule has 40 heavy (non-hydrogen) atoms. The Morgan fingerprint density at radius 1 is 1.20 bits per heavy atom. The molecule has 1 saturated carbocycles. The van der Waals surface area contributed by atoms with Gasteiger partial charge < -0.3 is 25.4 Å². The fourth-order valence-corrected chi connectivity index (χ4v) is 6.18. The monoisotopic (exact) mass is 575 g/mol. The van der Waals surface area contributed by atoms with Crippen LogP contribution in [0.3, 0.4) is 0 Å². The van der Waals surface area contributed by atoms with Crippen molar-refractivity contribution in [3.05, 3.63) is 54.1 Å². The van der Waals surface area contributed by atoms with Gasteiger partial charge in [0.05, 0.1) is 41.1 Å². The smallest absolute Gasteiger partial charge is 0.407 e. The van der Waals surface area contributed by atoms with E-state index in [0.717, 1.165) is 41.4 Å². The maximum absolute atomic E-state index is 13.9. The molecule has 220 valence electrons. The van der Waals surface area contributed by atoms with E-state index in [1.807, 2.05) is 30.3 Å². The molecule has 1 fully saturated rings. The largest absolute Gasteiger partial charge is 0.444 e. The summed E-state index contributed by atoms with van der Waals surface area (Å²) in [7, 11) is -2.43. The number of aliphatic hydroxyl groups is 1. The van der Waals surface area contributed by atoms with Crippen LogP contribution in [0.5, 0.6) is 0 Å². The lowest BCUT2D eigenvalue weighted by molar-refractivity contribution is -0.145. The molecule has 1 aliphatic carbocycles. The predicted octanol–water partition coefficient (Wildman–Crippen LogP) is 3.15. The van der Waals surface area contributed by atoms with Crippen LogP contribution in [-0.2, 0) is 26.0 Å². The number of nitrogens with zero attached hydrogens (tertiary/aromatic N) is 2. The van der Waals surface area contributed by atoms with Gasteiger partial charge in [0.25, 0.3) is 10.0 Å². The molecule has 1 heterocycles. The Kier molecular flexibility index (Phi) is 9.26. The van der Waals surface area contributed by atoms with Crippen LogP contribution in [0.2, 0.25) is 0 Å². The van der Waals surface area contributed by atoms with E-state index in [9.17, 15) is 18.3 Å². The number of fused-ring (bicyclic) bond motifs is 1. The number of amides is 1. The molecule has 1 aliphatic heterocycles. The lowest BCUT2D eigenvalue weighted by Crippen LogP contribution is -2.51. The number of hydrogen-bond acceptors (Lipinski definition) is 9. The van der Waals surface area contributed by atoms with Gasteiger partial charge in [-0.3, -0.25) is 10.6 Å². The first-order valence-corrected chi connectivity index (χ1v) is 15.1. The van der Waals surface area contributed by atoms with Gasteiger partial charge in [0.2, 0.25) is 0 Å². The van der Waals surface area contributed by atoms with E-state index in [-0.39, 0.29) is 17.4 Å². The lowest BCUT2D eigenvalue weighted by atomic mass is 10.0. The first kappa shape index (κ1) is 30.1. The van der Waals surface area contributed by atoms with Crippen molar-refractivity contribution in [2.24, 2.45) is 5.73 Å². The van der Waals surface area contributed by atoms with E-state index in [1.54, 1.807) is 44.9 Å². The summed E-state index contributed by atoms with van der Waals surface area (Å²) in [5, 5.41) is 17.2. The summed E-state index contributed by atoms with van der Waals surface area (Å²) in [6.07, 6.45) is 0.788. The van der Waals surface area contributed by atoms with E-state index in [2.05, 4.69) is 10.6 Å². The van der Waals surface area contributed by atoms with Crippen molar-refractivity contribution in [2.45, 2.75) is 87.9 Å². The molecule has 3 unspecified atom stereocenters. The highest BCUT2D eigenvalue weighted by Crippen LogP contribution is 2.35. The average molecular weight is 576 g/mol. The maximum atomic E-state index is 13.9. The second kappa shape index (κ2) is 12.3. The van der Waals surface area contributed by atoms with Gasteiger partial charge in [-0.05, 0) is 63.8 Å². The molecule has 0 radical (unpaired) electrons. The van der Waals surface area contributed by atoms with Gasteiger partial charge in [-0.1, -0.05) is 47.6 Å². The minimum Gasteiger partial charge on any atom is -0.444 e. The van der Waals surface area contributed by atoms with E-state index >= 15 is 0 Å². The van der Waals surface area contributed by atoms with Crippen molar-refractivity contribution in [3.63, 3.8) is 0 Å². The van der Waals surface area contributed by atoms with Gasteiger partial charge in [0.15, 0.2) is 6.29 Å². The van der Waals surface area contributed by atoms with Crippen LogP contribution in [0.15, 0.2) is 53.4 Å². The molecule has 2 aliphatic rings. The van der Waals surface area contributed by atoms with Crippen LogP contribution in [0.1, 0.15) is 52.0 Å².